The van der Waals surface area contributed by atoms with Crippen LogP contribution in [0.25, 0.3) is 20.9 Å². The van der Waals surface area contributed by atoms with Crippen LogP contribution in [0.1, 0.15) is 25.7 Å². The Hall–Kier alpha value is -1.64. The Morgan fingerprint density at radius 2 is 1.93 bits per heavy atom. The highest BCUT2D eigenvalue weighted by molar-refractivity contribution is 5.01. The van der Waals surface area contributed by atoms with Gasteiger partial charge in [-0.05, 0) is 30.3 Å². The molecule has 0 bridgehead atoms. The van der Waals surface area contributed by atoms with Crippen molar-refractivity contribution in [3.05, 3.63) is 33.0 Å². The van der Waals surface area contributed by atoms with E-state index in [0.717, 1.165) is 25.7 Å². The van der Waals surface area contributed by atoms with Gasteiger partial charge in [-0.3, -0.25) is 0 Å². The molecule has 6 heteroatoms. The van der Waals surface area contributed by atoms with Crippen LogP contribution in [0.5, 0.6) is 0 Å². The van der Waals surface area contributed by atoms with Gasteiger partial charge in [0.15, 0.2) is 0 Å². The smallest absolute Gasteiger partial charge is 0.0639 e. The average molecular weight is 192 g/mol. The third-order valence-corrected chi connectivity index (χ3v) is 2.23. The molecule has 74 valence electrons. The van der Waals surface area contributed by atoms with E-state index in [1.807, 2.05) is 12.2 Å². The van der Waals surface area contributed by atoms with Crippen molar-refractivity contribution < 1.29 is 0 Å². The van der Waals surface area contributed by atoms with Gasteiger partial charge in [-0.2, -0.15) is 0 Å². The van der Waals surface area contributed by atoms with Gasteiger partial charge in [0.2, 0.25) is 0 Å². The van der Waals surface area contributed by atoms with E-state index in [2.05, 4.69) is 20.1 Å². The second-order valence-electron chi connectivity index (χ2n) is 3.18. The minimum Gasteiger partial charge on any atom is -0.0899 e. The summed E-state index contributed by atoms with van der Waals surface area (Å²) in [6.45, 7) is 0. The van der Waals surface area contributed by atoms with Gasteiger partial charge in [-0.1, -0.05) is 28.8 Å². The molecule has 0 saturated heterocycles. The van der Waals surface area contributed by atoms with E-state index >= 15 is 0 Å². The lowest BCUT2D eigenvalue weighted by atomic mass is 9.98. The Morgan fingerprint density at radius 1 is 1.14 bits per heavy atom. The molecule has 1 rings (SSSR count). The summed E-state index contributed by atoms with van der Waals surface area (Å²) in [5, 5.41) is 7.26. The van der Waals surface area contributed by atoms with Crippen LogP contribution in [0.2, 0.25) is 0 Å². The van der Waals surface area contributed by atoms with Crippen LogP contribution in [-0.2, 0) is 0 Å². The summed E-state index contributed by atoms with van der Waals surface area (Å²) in [5.74, 6) is 0. The van der Waals surface area contributed by atoms with Gasteiger partial charge in [-0.15, -0.1) is 0 Å². The minimum absolute atomic E-state index is 0.229. The Bertz CT molecular complexity index is 297. The van der Waals surface area contributed by atoms with Crippen LogP contribution >= 0.6 is 0 Å². The number of allylic oxidation sites excluding steroid dienone is 1. The predicted molar refractivity (Wildman–Crippen MR) is 53.5 cm³/mol. The molecule has 0 aromatic carbocycles. The fourth-order valence-corrected chi connectivity index (χ4v) is 1.52. The Kier molecular flexibility index (Phi) is 4.41. The summed E-state index contributed by atoms with van der Waals surface area (Å²) in [6, 6.07) is -0.552. The lowest BCUT2D eigenvalue weighted by Crippen LogP contribution is -2.20. The molecule has 0 N–H and O–H groups in total. The third kappa shape index (κ3) is 3.01. The summed E-state index contributed by atoms with van der Waals surface area (Å²) in [6.07, 6.45) is 7.71. The number of hydrogen-bond acceptors (Lipinski definition) is 2. The molecule has 0 aromatic heterocycles. The SMILES string of the molecule is [N-]=[N+]=N[C@@H]1C=CCCCC[C@H]1N=[N+]=[N-]. The summed E-state index contributed by atoms with van der Waals surface area (Å²) >= 11 is 0. The van der Waals surface area contributed by atoms with E-state index in [1.165, 1.54) is 0 Å². The standard InChI is InChI=1S/C8H12N6/c9-13-11-7-5-3-1-2-4-6-8(7)12-14-10/h3,5,7-8H,1-2,4,6H2/t7-,8-/m1/s1. The van der Waals surface area contributed by atoms with Crippen molar-refractivity contribution in [1.82, 2.24) is 0 Å². The average Bonchev–Trinajstić information content (AvgIpc) is 2.16. The normalized spacial score (nSPS) is 26.6. The fraction of sp³-hybridized carbons (Fsp3) is 0.750. The van der Waals surface area contributed by atoms with Crippen molar-refractivity contribution in [1.29, 1.82) is 0 Å². The molecule has 0 aromatic rings. The first-order valence-electron chi connectivity index (χ1n) is 4.63. The Labute approximate surface area is 81.9 Å². The van der Waals surface area contributed by atoms with Crippen LogP contribution in [0.3, 0.4) is 0 Å². The highest BCUT2D eigenvalue weighted by Gasteiger charge is 2.17. The summed E-state index contributed by atoms with van der Waals surface area (Å²) in [7, 11) is 0. The van der Waals surface area contributed by atoms with E-state index in [1.54, 1.807) is 0 Å². The van der Waals surface area contributed by atoms with Crippen LogP contribution < -0.4 is 0 Å². The van der Waals surface area contributed by atoms with Crippen LogP contribution in [0, 0.1) is 0 Å². The summed E-state index contributed by atoms with van der Waals surface area (Å²) in [4.78, 5) is 5.53. The molecule has 6 nitrogen and oxygen atoms in total. The molecule has 14 heavy (non-hydrogen) atoms. The lowest BCUT2D eigenvalue weighted by molar-refractivity contribution is 0.510. The number of azide groups is 2. The molecule has 0 spiro atoms. The molecule has 2 atom stereocenters. The van der Waals surface area contributed by atoms with Crippen LogP contribution in [0.4, 0.5) is 0 Å². The molecule has 0 fully saturated rings. The largest absolute Gasteiger partial charge is 0.0899 e. The van der Waals surface area contributed by atoms with Crippen molar-refractivity contribution in [3.63, 3.8) is 0 Å². The molecule has 0 radical (unpaired) electrons. The van der Waals surface area contributed by atoms with Gasteiger partial charge >= 0.3 is 0 Å². The van der Waals surface area contributed by atoms with Crippen molar-refractivity contribution in [2.75, 3.05) is 0 Å². The van der Waals surface area contributed by atoms with Gasteiger partial charge in [0.1, 0.15) is 0 Å². The molecule has 1 aliphatic rings. The fourth-order valence-electron chi connectivity index (χ4n) is 1.52. The molecule has 0 amide bonds. The van der Waals surface area contributed by atoms with Gasteiger partial charge < -0.3 is 0 Å². The second-order valence-corrected chi connectivity index (χ2v) is 3.18. The van der Waals surface area contributed by atoms with Gasteiger partial charge in [0, 0.05) is 15.9 Å². The van der Waals surface area contributed by atoms with E-state index in [4.69, 9.17) is 11.1 Å². The van der Waals surface area contributed by atoms with Gasteiger partial charge in [0.25, 0.3) is 0 Å². The maximum absolute atomic E-state index is 8.37. The summed E-state index contributed by atoms with van der Waals surface area (Å²) in [5.41, 5.74) is 16.7. The lowest BCUT2D eigenvalue weighted by Gasteiger charge is -2.17. The number of hydrogen-bond donors (Lipinski definition) is 0. The van der Waals surface area contributed by atoms with Crippen molar-refractivity contribution in [2.45, 2.75) is 37.8 Å². The highest BCUT2D eigenvalue weighted by atomic mass is 15.2. The Balaban J connectivity index is 2.82. The monoisotopic (exact) mass is 192 g/mol. The van der Waals surface area contributed by atoms with Gasteiger partial charge in [-0.25, -0.2) is 0 Å². The number of rotatable bonds is 2. The van der Waals surface area contributed by atoms with Crippen molar-refractivity contribution >= 4 is 0 Å². The first-order chi connectivity index (χ1) is 6.88. The molecule has 0 aliphatic heterocycles. The van der Waals surface area contributed by atoms with Crippen LogP contribution in [-0.4, -0.2) is 12.1 Å². The second kappa shape index (κ2) is 5.91. The minimum atomic E-state index is -0.323. The quantitative estimate of drug-likeness (QED) is 0.277. The van der Waals surface area contributed by atoms with E-state index in [-0.39, 0.29) is 12.1 Å². The predicted octanol–water partition coefficient (Wildman–Crippen LogP) is 3.47. The third-order valence-electron chi connectivity index (χ3n) is 2.23. The highest BCUT2D eigenvalue weighted by Crippen LogP contribution is 2.18. The first kappa shape index (κ1) is 10.4. The van der Waals surface area contributed by atoms with Crippen molar-refractivity contribution in [3.8, 4) is 0 Å². The zero-order chi connectivity index (χ0) is 10.2. The molecule has 0 unspecified atom stereocenters. The van der Waals surface area contributed by atoms with E-state index < -0.39 is 0 Å². The maximum atomic E-state index is 8.37. The molecular formula is C8H12N6. The summed E-state index contributed by atoms with van der Waals surface area (Å²) < 4.78 is 0. The maximum Gasteiger partial charge on any atom is 0.0639 e. The van der Waals surface area contributed by atoms with E-state index in [0.29, 0.717) is 0 Å². The van der Waals surface area contributed by atoms with E-state index in [9.17, 15) is 0 Å². The zero-order valence-corrected chi connectivity index (χ0v) is 7.82. The number of nitrogens with zero attached hydrogens (tertiary/aromatic N) is 6. The zero-order valence-electron chi connectivity index (χ0n) is 7.82. The topological polar surface area (TPSA) is 97.5 Å². The molecule has 1 aliphatic carbocycles. The molecule has 0 heterocycles. The van der Waals surface area contributed by atoms with Crippen molar-refractivity contribution in [2.24, 2.45) is 10.2 Å². The van der Waals surface area contributed by atoms with Gasteiger partial charge in [0.05, 0.1) is 6.04 Å². The Morgan fingerprint density at radius 3 is 2.64 bits per heavy atom. The molecular weight excluding hydrogens is 180 g/mol. The van der Waals surface area contributed by atoms with Crippen LogP contribution in [0.15, 0.2) is 22.4 Å². The first-order valence-corrected chi connectivity index (χ1v) is 4.63. The molecule has 0 saturated carbocycles.